The summed E-state index contributed by atoms with van der Waals surface area (Å²) in [7, 11) is 1.47. The van der Waals surface area contributed by atoms with Gasteiger partial charge in [0.1, 0.15) is 5.84 Å². The lowest BCUT2D eigenvalue weighted by Crippen LogP contribution is -2.40. The van der Waals surface area contributed by atoms with Crippen molar-refractivity contribution in [1.82, 2.24) is 15.8 Å². The molecule has 10 heteroatoms. The van der Waals surface area contributed by atoms with Crippen molar-refractivity contribution in [2.75, 3.05) is 26.7 Å². The Labute approximate surface area is 180 Å². The van der Waals surface area contributed by atoms with E-state index < -0.39 is 6.09 Å². The molecule has 0 saturated carbocycles. The minimum absolute atomic E-state index is 0.146. The number of methoxy groups -OCH3 is 1. The highest BCUT2D eigenvalue weighted by Crippen LogP contribution is 2.46. The summed E-state index contributed by atoms with van der Waals surface area (Å²) in [6.45, 7) is 6.89. The van der Waals surface area contributed by atoms with E-state index in [2.05, 4.69) is 15.8 Å². The molecule has 1 aliphatic rings. The van der Waals surface area contributed by atoms with Gasteiger partial charge in [-0.1, -0.05) is 30.1 Å². The van der Waals surface area contributed by atoms with Gasteiger partial charge in [0.05, 0.1) is 17.2 Å². The third-order valence-electron chi connectivity index (χ3n) is 4.62. The second kappa shape index (κ2) is 10.5. The van der Waals surface area contributed by atoms with E-state index in [1.54, 1.807) is 11.8 Å². The Balaban J connectivity index is 2.32. The lowest BCUT2D eigenvalue weighted by atomic mass is 9.95. The normalized spacial score (nSPS) is 15.5. The van der Waals surface area contributed by atoms with Gasteiger partial charge in [0.25, 0.3) is 0 Å². The molecule has 1 aromatic carbocycles. The Bertz CT molecular complexity index is 797. The minimum Gasteiger partial charge on any atom is -0.493 e. The average Bonchev–Trinajstić information content (AvgIpc) is 3.18. The lowest BCUT2D eigenvalue weighted by Gasteiger charge is -2.23. The van der Waals surface area contributed by atoms with Crippen LogP contribution in [0.15, 0.2) is 11.1 Å². The van der Waals surface area contributed by atoms with Crippen LogP contribution in [0.2, 0.25) is 10.0 Å². The molecule has 2 N–H and O–H groups in total. The summed E-state index contributed by atoms with van der Waals surface area (Å²) in [5.41, 5.74) is 5.95. The maximum Gasteiger partial charge on any atom is 0.415 e. The van der Waals surface area contributed by atoms with E-state index in [0.29, 0.717) is 54.6 Å². The molecule has 160 valence electrons. The predicted octanol–water partition coefficient (Wildman–Crippen LogP) is 3.76. The first-order valence-electron chi connectivity index (χ1n) is 9.46. The van der Waals surface area contributed by atoms with Gasteiger partial charge in [0.2, 0.25) is 5.91 Å². The van der Waals surface area contributed by atoms with Gasteiger partial charge in [-0.15, -0.1) is 0 Å². The summed E-state index contributed by atoms with van der Waals surface area (Å²) >= 11 is 12.8. The van der Waals surface area contributed by atoms with E-state index in [4.69, 9.17) is 32.7 Å². The molecule has 0 saturated heterocycles. The zero-order valence-electron chi connectivity index (χ0n) is 17.0. The van der Waals surface area contributed by atoms with Crippen molar-refractivity contribution >= 4 is 41.0 Å². The number of benzene rings is 1. The van der Waals surface area contributed by atoms with Crippen molar-refractivity contribution in [3.05, 3.63) is 21.7 Å². The number of hydrogen-bond acceptors (Lipinski definition) is 6. The molecule has 0 radical (unpaired) electrons. The smallest absolute Gasteiger partial charge is 0.415 e. The van der Waals surface area contributed by atoms with Crippen LogP contribution in [0.1, 0.15) is 45.1 Å². The zero-order chi connectivity index (χ0) is 21.6. The first kappa shape index (κ1) is 23.1. The maximum atomic E-state index is 12.6. The van der Waals surface area contributed by atoms with E-state index in [-0.39, 0.29) is 22.6 Å². The highest BCUT2D eigenvalue weighted by molar-refractivity contribution is 6.42. The molecule has 0 aliphatic carbocycles. The number of aliphatic imine (C=N–C) groups is 1. The number of halogens is 2. The number of carbonyl (C=O) groups is 2. The molecule has 8 nitrogen and oxygen atoms in total. The van der Waals surface area contributed by atoms with Gasteiger partial charge in [-0.3, -0.25) is 20.6 Å². The zero-order valence-corrected chi connectivity index (χ0v) is 18.5. The molecule has 1 heterocycles. The van der Waals surface area contributed by atoms with Crippen molar-refractivity contribution in [2.45, 2.75) is 39.5 Å². The van der Waals surface area contributed by atoms with E-state index in [0.717, 1.165) is 0 Å². The van der Waals surface area contributed by atoms with Crippen molar-refractivity contribution in [3.63, 3.8) is 0 Å². The SMILES string of the molecule is CCC(=O)NNC1=NCC(c2c(Cl)c(Cl)cc(OC)c2OC(=O)N(CC)CC)C1. The number of nitrogens with one attached hydrogen (secondary N) is 2. The number of hydrazine groups is 1. The van der Waals surface area contributed by atoms with Crippen LogP contribution in [0.4, 0.5) is 4.79 Å². The Morgan fingerprint density at radius 3 is 2.55 bits per heavy atom. The van der Waals surface area contributed by atoms with Gasteiger partial charge < -0.3 is 14.4 Å². The number of ether oxygens (including phenoxy) is 2. The predicted molar refractivity (Wildman–Crippen MR) is 113 cm³/mol. The lowest BCUT2D eigenvalue weighted by molar-refractivity contribution is -0.121. The molecule has 2 rings (SSSR count). The summed E-state index contributed by atoms with van der Waals surface area (Å²) < 4.78 is 11.1. The van der Waals surface area contributed by atoms with E-state index >= 15 is 0 Å². The van der Waals surface area contributed by atoms with Gasteiger partial charge in [-0.05, 0) is 13.8 Å². The van der Waals surface area contributed by atoms with Gasteiger partial charge >= 0.3 is 6.09 Å². The molecule has 0 bridgehead atoms. The number of amidine groups is 1. The Hall–Kier alpha value is -2.19. The highest BCUT2D eigenvalue weighted by atomic mass is 35.5. The minimum atomic E-state index is -0.500. The first-order chi connectivity index (χ1) is 13.9. The standard InChI is InChI=1S/C19H26Cl2N4O4/c1-5-15(26)24-23-14-8-11(10-22-14)16-17(21)12(20)9-13(28-4)18(16)29-19(27)25(6-2)7-3/h9,11H,5-8,10H2,1-4H3,(H,22,23)(H,24,26). The molecule has 0 aromatic heterocycles. The third-order valence-corrected chi connectivity index (χ3v) is 5.42. The quantitative estimate of drug-likeness (QED) is 0.651. The second-order valence-electron chi connectivity index (χ2n) is 6.37. The fourth-order valence-corrected chi connectivity index (χ4v) is 3.45. The molecule has 0 spiro atoms. The van der Waals surface area contributed by atoms with Crippen LogP contribution in [0.5, 0.6) is 11.5 Å². The third kappa shape index (κ3) is 5.45. The van der Waals surface area contributed by atoms with Gasteiger partial charge in [-0.2, -0.15) is 0 Å². The van der Waals surface area contributed by atoms with Crippen LogP contribution in [-0.2, 0) is 4.79 Å². The molecule has 1 aromatic rings. The fourth-order valence-electron chi connectivity index (χ4n) is 2.96. The summed E-state index contributed by atoms with van der Waals surface area (Å²) in [4.78, 5) is 30.0. The maximum absolute atomic E-state index is 12.6. The fraction of sp³-hybridized carbons (Fsp3) is 0.526. The van der Waals surface area contributed by atoms with Gasteiger partial charge in [0, 0.05) is 50.0 Å². The molecule has 1 unspecified atom stereocenters. The Morgan fingerprint density at radius 2 is 1.97 bits per heavy atom. The number of amides is 2. The largest absolute Gasteiger partial charge is 0.493 e. The first-order valence-corrected chi connectivity index (χ1v) is 10.2. The van der Waals surface area contributed by atoms with Crippen LogP contribution >= 0.6 is 23.2 Å². The molecular formula is C19H26Cl2N4O4. The van der Waals surface area contributed by atoms with E-state index in [9.17, 15) is 9.59 Å². The van der Waals surface area contributed by atoms with Gasteiger partial charge in [0.15, 0.2) is 11.5 Å². The molecule has 1 atom stereocenters. The highest BCUT2D eigenvalue weighted by Gasteiger charge is 2.31. The van der Waals surface area contributed by atoms with Crippen molar-refractivity contribution in [3.8, 4) is 11.5 Å². The van der Waals surface area contributed by atoms with Crippen LogP contribution in [0.25, 0.3) is 0 Å². The molecule has 1 aliphatic heterocycles. The number of nitrogens with zero attached hydrogens (tertiary/aromatic N) is 2. The summed E-state index contributed by atoms with van der Waals surface area (Å²) in [5.74, 6) is 0.810. The van der Waals surface area contributed by atoms with Crippen LogP contribution in [0.3, 0.4) is 0 Å². The summed E-state index contributed by atoms with van der Waals surface area (Å²) in [6.07, 6.45) is 0.315. The summed E-state index contributed by atoms with van der Waals surface area (Å²) in [5, 5.41) is 0.579. The number of carbonyl (C=O) groups excluding carboxylic acids is 2. The number of hydrogen-bond donors (Lipinski definition) is 2. The van der Waals surface area contributed by atoms with Crippen LogP contribution in [-0.4, -0.2) is 49.5 Å². The molecule has 0 fully saturated rings. The summed E-state index contributed by atoms with van der Waals surface area (Å²) in [6, 6.07) is 1.52. The van der Waals surface area contributed by atoms with Crippen molar-refractivity contribution < 1.29 is 19.1 Å². The van der Waals surface area contributed by atoms with Crippen molar-refractivity contribution in [1.29, 1.82) is 0 Å². The topological polar surface area (TPSA) is 92.3 Å². The molecule has 29 heavy (non-hydrogen) atoms. The Morgan fingerprint density at radius 1 is 1.28 bits per heavy atom. The van der Waals surface area contributed by atoms with Crippen molar-refractivity contribution in [2.24, 2.45) is 4.99 Å². The average molecular weight is 445 g/mol. The number of rotatable bonds is 6. The monoisotopic (exact) mass is 444 g/mol. The second-order valence-corrected chi connectivity index (χ2v) is 7.16. The molecule has 2 amide bonds. The van der Waals surface area contributed by atoms with Gasteiger partial charge in [-0.25, -0.2) is 4.79 Å². The van der Waals surface area contributed by atoms with E-state index in [1.165, 1.54) is 13.2 Å². The van der Waals surface area contributed by atoms with Crippen LogP contribution in [0, 0.1) is 0 Å². The Kier molecular flexibility index (Phi) is 8.40. The van der Waals surface area contributed by atoms with Crippen LogP contribution < -0.4 is 20.3 Å². The molecular weight excluding hydrogens is 419 g/mol. The van der Waals surface area contributed by atoms with E-state index in [1.807, 2.05) is 13.8 Å².